The van der Waals surface area contributed by atoms with Crippen molar-refractivity contribution in [1.82, 2.24) is 5.32 Å². The van der Waals surface area contributed by atoms with E-state index in [4.69, 9.17) is 0 Å². The predicted molar refractivity (Wildman–Crippen MR) is 119 cm³/mol. The number of rotatable bonds is 19. The quantitative estimate of drug-likeness (QED) is 0.201. The summed E-state index contributed by atoms with van der Waals surface area (Å²) in [6.07, 6.45) is 22.9. The summed E-state index contributed by atoms with van der Waals surface area (Å²) in [4.78, 5) is 11.8. The van der Waals surface area contributed by atoms with E-state index >= 15 is 0 Å². The normalized spacial score (nSPS) is 14.0. The van der Waals surface area contributed by atoms with Crippen LogP contribution in [0.15, 0.2) is 24.3 Å². The number of hydrogen-bond acceptors (Lipinski definition) is 3. The summed E-state index contributed by atoms with van der Waals surface area (Å²) in [5.74, 6) is -0.0965. The smallest absolute Gasteiger partial charge is 0.220 e. The maximum absolute atomic E-state index is 11.8. The molecule has 0 aromatic rings. The van der Waals surface area contributed by atoms with E-state index < -0.39 is 12.1 Å². The van der Waals surface area contributed by atoms with E-state index in [2.05, 4.69) is 31.3 Å². The highest BCUT2D eigenvalue weighted by Gasteiger charge is 2.17. The molecule has 3 N–H and O–H groups in total. The van der Waals surface area contributed by atoms with E-state index in [-0.39, 0.29) is 12.5 Å². The molecule has 0 spiro atoms. The zero-order chi connectivity index (χ0) is 20.9. The molecule has 0 bridgehead atoms. The van der Waals surface area contributed by atoms with Gasteiger partial charge in [-0.25, -0.2) is 0 Å². The molecule has 2 atom stereocenters. The van der Waals surface area contributed by atoms with Crippen molar-refractivity contribution in [2.75, 3.05) is 6.61 Å². The second-order valence-electron chi connectivity index (χ2n) is 7.69. The Morgan fingerprint density at radius 2 is 1.43 bits per heavy atom. The molecule has 0 aliphatic carbocycles. The van der Waals surface area contributed by atoms with E-state index in [1.807, 2.05) is 6.08 Å². The van der Waals surface area contributed by atoms with Gasteiger partial charge in [0.15, 0.2) is 0 Å². The first-order chi connectivity index (χ1) is 13.7. The van der Waals surface area contributed by atoms with E-state index in [0.29, 0.717) is 6.42 Å². The van der Waals surface area contributed by atoms with Crippen molar-refractivity contribution in [2.24, 2.45) is 0 Å². The second-order valence-corrected chi connectivity index (χ2v) is 7.69. The van der Waals surface area contributed by atoms with Crippen molar-refractivity contribution >= 4 is 5.91 Å². The highest BCUT2D eigenvalue weighted by atomic mass is 16.3. The van der Waals surface area contributed by atoms with Gasteiger partial charge in [0, 0.05) is 6.42 Å². The molecule has 4 heteroatoms. The lowest BCUT2D eigenvalue weighted by molar-refractivity contribution is -0.123. The standard InChI is InChI=1S/C24H45NO3/c1-3-5-7-8-9-10-11-12-13-14-15-16-18-19-23(27)22(21-26)25-24(28)20-17-6-4-2/h7-8,18-19,22-23,26-27H,3-6,9-17,20-21H2,1-2H3,(H,25,28)/b8-7-,19-18+/t22-,23+/m0/s1. The molecule has 4 nitrogen and oxygen atoms in total. The zero-order valence-corrected chi connectivity index (χ0v) is 18.4. The summed E-state index contributed by atoms with van der Waals surface area (Å²) in [6.45, 7) is 4.05. The third-order valence-corrected chi connectivity index (χ3v) is 4.91. The molecule has 0 fully saturated rings. The third kappa shape index (κ3) is 17.0. The van der Waals surface area contributed by atoms with E-state index in [9.17, 15) is 15.0 Å². The number of carbonyl (C=O) groups is 1. The summed E-state index contributed by atoms with van der Waals surface area (Å²) in [5, 5.41) is 22.3. The Kier molecular flexibility index (Phi) is 19.8. The molecule has 0 radical (unpaired) electrons. The number of aliphatic hydroxyl groups excluding tert-OH is 2. The first-order valence-electron chi connectivity index (χ1n) is 11.6. The summed E-state index contributed by atoms with van der Waals surface area (Å²) in [7, 11) is 0. The minimum atomic E-state index is -0.833. The van der Waals surface area contributed by atoms with E-state index in [1.165, 1.54) is 51.4 Å². The molecule has 164 valence electrons. The molecule has 0 aromatic heterocycles. The van der Waals surface area contributed by atoms with Crippen LogP contribution < -0.4 is 5.32 Å². The average molecular weight is 396 g/mol. The monoisotopic (exact) mass is 395 g/mol. The van der Waals surface area contributed by atoms with Gasteiger partial charge in [-0.05, 0) is 38.5 Å². The van der Waals surface area contributed by atoms with Gasteiger partial charge in [-0.3, -0.25) is 4.79 Å². The maximum Gasteiger partial charge on any atom is 0.220 e. The Bertz CT molecular complexity index is 407. The SMILES string of the molecule is CCC/C=C\CCCCCCCC/C=C/[C@@H](O)[C@H](CO)NC(=O)CCCCC. The first kappa shape index (κ1) is 26.9. The summed E-state index contributed by atoms with van der Waals surface area (Å²) in [6, 6.07) is -0.614. The van der Waals surface area contributed by atoms with Gasteiger partial charge in [0.1, 0.15) is 0 Å². The second kappa shape index (κ2) is 20.6. The number of nitrogens with one attached hydrogen (secondary N) is 1. The summed E-state index contributed by atoms with van der Waals surface area (Å²) >= 11 is 0. The number of unbranched alkanes of at least 4 members (excludes halogenated alkanes) is 10. The predicted octanol–water partition coefficient (Wildman–Crippen LogP) is 5.44. The number of allylic oxidation sites excluding steroid dienone is 3. The topological polar surface area (TPSA) is 69.6 Å². The van der Waals surface area contributed by atoms with Gasteiger partial charge in [-0.2, -0.15) is 0 Å². The average Bonchev–Trinajstić information content (AvgIpc) is 2.69. The molecule has 0 aliphatic heterocycles. The van der Waals surface area contributed by atoms with Crippen LogP contribution in [0, 0.1) is 0 Å². The summed E-state index contributed by atoms with van der Waals surface area (Å²) < 4.78 is 0. The fourth-order valence-electron chi connectivity index (χ4n) is 3.06. The number of aliphatic hydroxyl groups is 2. The lowest BCUT2D eigenvalue weighted by Crippen LogP contribution is -2.45. The number of hydrogen-bond donors (Lipinski definition) is 3. The van der Waals surface area contributed by atoms with Crippen LogP contribution in [0.3, 0.4) is 0 Å². The lowest BCUT2D eigenvalue weighted by atomic mass is 10.1. The fraction of sp³-hybridized carbons (Fsp3) is 0.792. The minimum Gasteiger partial charge on any atom is -0.394 e. The minimum absolute atomic E-state index is 0.0965. The maximum atomic E-state index is 11.8. The molecule has 0 aliphatic rings. The van der Waals surface area contributed by atoms with Gasteiger partial charge in [-0.1, -0.05) is 83.1 Å². The molecule has 28 heavy (non-hydrogen) atoms. The van der Waals surface area contributed by atoms with Crippen LogP contribution >= 0.6 is 0 Å². The Labute approximate surface area is 173 Å². The van der Waals surface area contributed by atoms with E-state index in [1.54, 1.807) is 6.08 Å². The van der Waals surface area contributed by atoms with Crippen LogP contribution in [0.5, 0.6) is 0 Å². The van der Waals surface area contributed by atoms with Crippen LogP contribution in [0.4, 0.5) is 0 Å². The van der Waals surface area contributed by atoms with Crippen LogP contribution in [0.2, 0.25) is 0 Å². The number of carbonyl (C=O) groups excluding carboxylic acids is 1. The molecule has 0 saturated heterocycles. The Morgan fingerprint density at radius 1 is 0.821 bits per heavy atom. The van der Waals surface area contributed by atoms with Crippen LogP contribution in [0.1, 0.15) is 104 Å². The molecular formula is C24H45NO3. The molecule has 0 rings (SSSR count). The van der Waals surface area contributed by atoms with Gasteiger partial charge >= 0.3 is 0 Å². The fourth-order valence-corrected chi connectivity index (χ4v) is 3.06. The Hall–Kier alpha value is -1.13. The highest BCUT2D eigenvalue weighted by Crippen LogP contribution is 2.10. The zero-order valence-electron chi connectivity index (χ0n) is 18.4. The Balaban J connectivity index is 3.71. The first-order valence-corrected chi connectivity index (χ1v) is 11.6. The molecular weight excluding hydrogens is 350 g/mol. The molecule has 0 aromatic carbocycles. The van der Waals surface area contributed by atoms with Crippen LogP contribution in [-0.2, 0) is 4.79 Å². The van der Waals surface area contributed by atoms with E-state index in [0.717, 1.165) is 32.1 Å². The number of amides is 1. The van der Waals surface area contributed by atoms with Crippen molar-refractivity contribution < 1.29 is 15.0 Å². The molecule has 0 heterocycles. The van der Waals surface area contributed by atoms with Crippen molar-refractivity contribution in [3.05, 3.63) is 24.3 Å². The third-order valence-electron chi connectivity index (χ3n) is 4.91. The lowest BCUT2D eigenvalue weighted by Gasteiger charge is -2.19. The van der Waals surface area contributed by atoms with Crippen LogP contribution in [-0.4, -0.2) is 34.9 Å². The van der Waals surface area contributed by atoms with Crippen LogP contribution in [0.25, 0.3) is 0 Å². The Morgan fingerprint density at radius 3 is 2.04 bits per heavy atom. The molecule has 1 amide bonds. The van der Waals surface area contributed by atoms with Gasteiger partial charge in [-0.15, -0.1) is 0 Å². The van der Waals surface area contributed by atoms with Gasteiger partial charge in [0.2, 0.25) is 5.91 Å². The van der Waals surface area contributed by atoms with Crippen molar-refractivity contribution in [3.63, 3.8) is 0 Å². The van der Waals surface area contributed by atoms with Crippen molar-refractivity contribution in [3.8, 4) is 0 Å². The highest BCUT2D eigenvalue weighted by molar-refractivity contribution is 5.76. The molecule has 0 saturated carbocycles. The van der Waals surface area contributed by atoms with Crippen molar-refractivity contribution in [2.45, 2.75) is 116 Å². The van der Waals surface area contributed by atoms with Gasteiger partial charge in [0.25, 0.3) is 0 Å². The summed E-state index contributed by atoms with van der Waals surface area (Å²) in [5.41, 5.74) is 0. The van der Waals surface area contributed by atoms with Gasteiger partial charge in [0.05, 0.1) is 18.8 Å². The molecule has 0 unspecified atom stereocenters. The van der Waals surface area contributed by atoms with Gasteiger partial charge < -0.3 is 15.5 Å². The largest absolute Gasteiger partial charge is 0.394 e. The van der Waals surface area contributed by atoms with Crippen molar-refractivity contribution in [1.29, 1.82) is 0 Å².